The van der Waals surface area contributed by atoms with Gasteiger partial charge in [0.15, 0.2) is 0 Å². The molecular formula is C23H36. The van der Waals surface area contributed by atoms with Gasteiger partial charge in [0.2, 0.25) is 0 Å². The van der Waals surface area contributed by atoms with Crippen molar-refractivity contribution in [1.82, 2.24) is 0 Å². The first-order valence-electron chi connectivity index (χ1n) is 7.93. The molecule has 0 saturated carbocycles. The summed E-state index contributed by atoms with van der Waals surface area (Å²) in [7, 11) is 0. The van der Waals surface area contributed by atoms with Crippen LogP contribution in [0.4, 0.5) is 0 Å². The van der Waals surface area contributed by atoms with Crippen LogP contribution in [0.1, 0.15) is 68.7 Å². The lowest BCUT2D eigenvalue weighted by molar-refractivity contribution is 0.544. The van der Waals surface area contributed by atoms with E-state index in [9.17, 15) is 0 Å². The molecule has 0 nitrogen and oxygen atoms in total. The van der Waals surface area contributed by atoms with Crippen molar-refractivity contribution in [3.63, 3.8) is 0 Å². The van der Waals surface area contributed by atoms with Crippen molar-refractivity contribution >= 4 is 0 Å². The third-order valence-electron chi connectivity index (χ3n) is 2.97. The van der Waals surface area contributed by atoms with Crippen molar-refractivity contribution in [3.05, 3.63) is 59.3 Å². The number of hydrogen-bond acceptors (Lipinski definition) is 0. The fraction of sp³-hybridized carbons (Fsp3) is 0.478. The van der Waals surface area contributed by atoms with Gasteiger partial charge in [-0.15, -0.1) is 0 Å². The molecule has 23 heavy (non-hydrogen) atoms. The zero-order valence-electron chi connectivity index (χ0n) is 15.5. The van der Waals surface area contributed by atoms with Gasteiger partial charge in [0, 0.05) is 6.42 Å². The van der Waals surface area contributed by atoms with Crippen LogP contribution in [-0.4, -0.2) is 0 Å². The highest BCUT2D eigenvalue weighted by Gasteiger charge is 2.02. The zero-order chi connectivity index (χ0) is 17.2. The van der Waals surface area contributed by atoms with Crippen LogP contribution < -0.4 is 0 Å². The van der Waals surface area contributed by atoms with Gasteiger partial charge < -0.3 is 0 Å². The molecule has 1 aliphatic rings. The molecule has 0 fully saturated rings. The summed E-state index contributed by atoms with van der Waals surface area (Å²) in [5, 5.41) is 0. The molecule has 0 amide bonds. The Bertz CT molecular complexity index is 539. The molecule has 0 atom stereocenters. The summed E-state index contributed by atoms with van der Waals surface area (Å²) in [6.45, 7) is 18.7. The van der Waals surface area contributed by atoms with Crippen molar-refractivity contribution in [2.24, 2.45) is 5.41 Å². The maximum Gasteiger partial charge on any atom is 0.0305 e. The Kier molecular flexibility index (Phi) is 12.0. The van der Waals surface area contributed by atoms with Gasteiger partial charge in [0.1, 0.15) is 0 Å². The standard InChI is InChI=1S/C13H16.C9H16.CH4/c1-11(2)9-10-13-8-6-4-5-7-12(13)3;1-8(2)6-7-9(3,4)5;/h6,8-9H,7,10H2,1-3H3;6-7H,1H2,2-5H3;1H4/b;7-6-;. The van der Waals surface area contributed by atoms with Crippen LogP contribution >= 0.6 is 0 Å². The van der Waals surface area contributed by atoms with Crippen LogP contribution in [0.2, 0.25) is 0 Å². The molecule has 0 bridgehead atoms. The first-order valence-corrected chi connectivity index (χ1v) is 7.93. The van der Waals surface area contributed by atoms with E-state index in [1.807, 2.05) is 13.0 Å². The largest absolute Gasteiger partial charge is 0.0961 e. The summed E-state index contributed by atoms with van der Waals surface area (Å²) < 4.78 is 0. The summed E-state index contributed by atoms with van der Waals surface area (Å²) in [5.41, 5.74) is 5.58. The van der Waals surface area contributed by atoms with E-state index < -0.39 is 0 Å². The molecule has 0 unspecified atom stereocenters. The molecule has 0 heterocycles. The van der Waals surface area contributed by atoms with Crippen LogP contribution in [0.15, 0.2) is 59.3 Å². The second-order valence-corrected chi connectivity index (χ2v) is 7.17. The molecule has 1 aliphatic carbocycles. The zero-order valence-corrected chi connectivity index (χ0v) is 15.5. The van der Waals surface area contributed by atoms with E-state index in [0.29, 0.717) is 5.41 Å². The molecule has 0 heteroatoms. The predicted octanol–water partition coefficient (Wildman–Crippen LogP) is 7.42. The Morgan fingerprint density at radius 1 is 1.26 bits per heavy atom. The molecule has 0 aromatic carbocycles. The minimum atomic E-state index is 0. The molecule has 0 aromatic heterocycles. The van der Waals surface area contributed by atoms with Crippen LogP contribution in [0.5, 0.6) is 0 Å². The van der Waals surface area contributed by atoms with Gasteiger partial charge in [0.05, 0.1) is 0 Å². The van der Waals surface area contributed by atoms with E-state index in [4.69, 9.17) is 0 Å². The smallest absolute Gasteiger partial charge is 0.0305 e. The molecular weight excluding hydrogens is 276 g/mol. The molecule has 0 aromatic rings. The SMILES string of the molecule is C.C=C(C)/C=C\C(C)(C)C.CC(C)=CCC1=C(C)CC#CC=C1. The second-order valence-electron chi connectivity index (χ2n) is 7.17. The van der Waals surface area contributed by atoms with Gasteiger partial charge in [0.25, 0.3) is 0 Å². The minimum absolute atomic E-state index is 0. The molecule has 0 spiro atoms. The van der Waals surface area contributed by atoms with Crippen LogP contribution in [-0.2, 0) is 0 Å². The Labute approximate surface area is 145 Å². The van der Waals surface area contributed by atoms with E-state index in [-0.39, 0.29) is 7.43 Å². The van der Waals surface area contributed by atoms with E-state index in [1.54, 1.807) is 0 Å². The van der Waals surface area contributed by atoms with Crippen molar-refractivity contribution in [2.75, 3.05) is 0 Å². The molecule has 0 aliphatic heterocycles. The average Bonchev–Trinajstić information content (AvgIpc) is 2.59. The Morgan fingerprint density at radius 2 is 1.87 bits per heavy atom. The van der Waals surface area contributed by atoms with Gasteiger partial charge in [-0.2, -0.15) is 0 Å². The fourth-order valence-corrected chi connectivity index (χ4v) is 1.59. The number of rotatable bonds is 3. The topological polar surface area (TPSA) is 0 Å². The number of hydrogen-bond donors (Lipinski definition) is 0. The molecule has 0 N–H and O–H groups in total. The fourth-order valence-electron chi connectivity index (χ4n) is 1.59. The summed E-state index contributed by atoms with van der Waals surface area (Å²) >= 11 is 0. The highest BCUT2D eigenvalue weighted by molar-refractivity contribution is 5.37. The second kappa shape index (κ2) is 11.8. The van der Waals surface area contributed by atoms with Gasteiger partial charge in [-0.1, -0.05) is 87.6 Å². The minimum Gasteiger partial charge on any atom is -0.0961 e. The van der Waals surface area contributed by atoms with E-state index >= 15 is 0 Å². The highest BCUT2D eigenvalue weighted by Crippen LogP contribution is 2.16. The Morgan fingerprint density at radius 3 is 2.30 bits per heavy atom. The maximum absolute atomic E-state index is 3.77. The lowest BCUT2D eigenvalue weighted by Crippen LogP contribution is -1.97. The molecule has 128 valence electrons. The van der Waals surface area contributed by atoms with Crippen molar-refractivity contribution in [2.45, 2.75) is 68.7 Å². The summed E-state index contributed by atoms with van der Waals surface area (Å²) in [6.07, 6.45) is 12.5. The lowest BCUT2D eigenvalue weighted by Gasteiger charge is -2.10. The van der Waals surface area contributed by atoms with Crippen LogP contribution in [0.3, 0.4) is 0 Å². The predicted molar refractivity (Wildman–Crippen MR) is 108 cm³/mol. The monoisotopic (exact) mass is 312 g/mol. The molecule has 0 saturated heterocycles. The van der Waals surface area contributed by atoms with Crippen LogP contribution in [0, 0.1) is 17.3 Å². The summed E-state index contributed by atoms with van der Waals surface area (Å²) in [6, 6.07) is 0. The van der Waals surface area contributed by atoms with Gasteiger partial charge in [-0.3, -0.25) is 0 Å². The van der Waals surface area contributed by atoms with E-state index in [1.165, 1.54) is 16.7 Å². The van der Waals surface area contributed by atoms with Crippen molar-refractivity contribution in [1.29, 1.82) is 0 Å². The van der Waals surface area contributed by atoms with Crippen molar-refractivity contribution in [3.8, 4) is 11.8 Å². The normalized spacial score (nSPS) is 13.2. The van der Waals surface area contributed by atoms with E-state index in [0.717, 1.165) is 18.4 Å². The molecule has 0 radical (unpaired) electrons. The Balaban J connectivity index is 0. The Hall–Kier alpha value is -1.74. The van der Waals surface area contributed by atoms with Gasteiger partial charge >= 0.3 is 0 Å². The molecule has 1 rings (SSSR count). The van der Waals surface area contributed by atoms with Crippen molar-refractivity contribution < 1.29 is 0 Å². The number of allylic oxidation sites excluding steroid dienone is 9. The third kappa shape index (κ3) is 14.9. The maximum atomic E-state index is 3.77. The summed E-state index contributed by atoms with van der Waals surface area (Å²) in [4.78, 5) is 0. The van der Waals surface area contributed by atoms with Crippen LogP contribution in [0.25, 0.3) is 0 Å². The van der Waals surface area contributed by atoms with Gasteiger partial charge in [-0.25, -0.2) is 0 Å². The first-order chi connectivity index (χ1) is 10.1. The first kappa shape index (κ1) is 23.5. The van der Waals surface area contributed by atoms with E-state index in [2.05, 4.69) is 84.3 Å². The van der Waals surface area contributed by atoms with Gasteiger partial charge in [-0.05, 0) is 51.2 Å². The third-order valence-corrected chi connectivity index (χ3v) is 2.97. The highest BCUT2D eigenvalue weighted by atomic mass is 14.1. The summed E-state index contributed by atoms with van der Waals surface area (Å²) in [5.74, 6) is 6.10. The quantitative estimate of drug-likeness (QED) is 0.289. The average molecular weight is 313 g/mol. The lowest BCUT2D eigenvalue weighted by atomic mass is 9.96.